The Morgan fingerprint density at radius 1 is 0.889 bits per heavy atom. The minimum Gasteiger partial charge on any atom is -0.756 e. The zero-order valence-electron chi connectivity index (χ0n) is 25.7. The van der Waals surface area contributed by atoms with Crippen molar-refractivity contribution in [2.75, 3.05) is 54.1 Å². The number of hydrogen-bond donors (Lipinski definition) is 1. The molecule has 2 aliphatic heterocycles. The van der Waals surface area contributed by atoms with Gasteiger partial charge in [0.25, 0.3) is 5.91 Å². The Hall–Kier alpha value is -3.50. The van der Waals surface area contributed by atoms with Crippen LogP contribution in [-0.4, -0.2) is 75.8 Å². The number of piperidine rings is 1. The normalized spacial score (nSPS) is 19.2. The van der Waals surface area contributed by atoms with Gasteiger partial charge in [-0.2, -0.15) is 0 Å². The van der Waals surface area contributed by atoms with E-state index in [0.717, 1.165) is 11.1 Å². The molecule has 2 aliphatic rings. The van der Waals surface area contributed by atoms with E-state index in [4.69, 9.17) is 37.4 Å². The number of ether oxygens (including phenoxy) is 3. The number of hydrogen-bond acceptors (Lipinski definition) is 7. The molecule has 1 N–H and O–H groups in total. The fourth-order valence-corrected chi connectivity index (χ4v) is 7.03. The molecule has 5 rings (SSSR count). The molecular formula is C34H38Cl2N3O6-. The van der Waals surface area contributed by atoms with Gasteiger partial charge in [0.2, 0.25) is 11.7 Å². The zero-order valence-corrected chi connectivity index (χ0v) is 27.2. The van der Waals surface area contributed by atoms with Crippen LogP contribution in [0.4, 0.5) is 0 Å². The molecule has 240 valence electrons. The molecule has 0 radical (unpaired) electrons. The monoisotopic (exact) mass is 654 g/mol. The molecule has 0 bridgehead atoms. The molecule has 9 nitrogen and oxygen atoms in total. The SMILES string of the molecule is COc1cc(C(=O)N2CCC(CCN([O-])C(=O)C3(c4ccccc4)CCNCC3)(c3ccc(Cl)c(Cl)c3)C2)cc(OC)c1OC. The lowest BCUT2D eigenvalue weighted by atomic mass is 9.72. The Morgan fingerprint density at radius 3 is 2.16 bits per heavy atom. The van der Waals surface area contributed by atoms with Crippen LogP contribution in [0.25, 0.3) is 0 Å². The molecule has 0 saturated carbocycles. The van der Waals surface area contributed by atoms with Crippen LogP contribution in [0.15, 0.2) is 60.7 Å². The molecular weight excluding hydrogens is 617 g/mol. The van der Waals surface area contributed by atoms with Crippen LogP contribution in [0.2, 0.25) is 10.0 Å². The van der Waals surface area contributed by atoms with E-state index in [9.17, 15) is 14.8 Å². The Bertz CT molecular complexity index is 1510. The number of hydroxylamine groups is 2. The third kappa shape index (κ3) is 6.45. The van der Waals surface area contributed by atoms with E-state index in [-0.39, 0.29) is 12.5 Å². The van der Waals surface area contributed by atoms with Gasteiger partial charge in [-0.05, 0) is 74.2 Å². The fraction of sp³-hybridized carbons (Fsp3) is 0.412. The molecule has 0 aliphatic carbocycles. The number of nitrogens with one attached hydrogen (secondary N) is 1. The molecule has 1 atom stereocenters. The Labute approximate surface area is 273 Å². The first-order valence-electron chi connectivity index (χ1n) is 15.0. The summed E-state index contributed by atoms with van der Waals surface area (Å²) in [6.45, 7) is 2.02. The molecule has 45 heavy (non-hydrogen) atoms. The summed E-state index contributed by atoms with van der Waals surface area (Å²) in [5, 5.41) is 18.4. The number of rotatable bonds is 10. The molecule has 2 amide bonds. The molecule has 2 fully saturated rings. The lowest BCUT2D eigenvalue weighted by Gasteiger charge is -2.44. The van der Waals surface area contributed by atoms with Crippen LogP contribution in [-0.2, 0) is 15.6 Å². The second-order valence-corrected chi connectivity index (χ2v) is 12.5. The van der Waals surface area contributed by atoms with Gasteiger partial charge in [-0.25, -0.2) is 0 Å². The summed E-state index contributed by atoms with van der Waals surface area (Å²) < 4.78 is 16.3. The summed E-state index contributed by atoms with van der Waals surface area (Å²) in [4.78, 5) is 29.6. The van der Waals surface area contributed by atoms with Gasteiger partial charge in [-0.15, -0.1) is 0 Å². The van der Waals surface area contributed by atoms with E-state index in [1.165, 1.54) is 21.3 Å². The molecule has 1 unspecified atom stereocenters. The molecule has 3 aromatic carbocycles. The van der Waals surface area contributed by atoms with Crippen molar-refractivity contribution in [1.82, 2.24) is 15.3 Å². The van der Waals surface area contributed by atoms with Crippen LogP contribution < -0.4 is 19.5 Å². The van der Waals surface area contributed by atoms with Gasteiger partial charge in [0.15, 0.2) is 11.5 Å². The van der Waals surface area contributed by atoms with Crippen LogP contribution >= 0.6 is 23.2 Å². The lowest BCUT2D eigenvalue weighted by Crippen LogP contribution is -2.51. The molecule has 3 aromatic rings. The minimum atomic E-state index is -0.880. The Kier molecular flexibility index (Phi) is 10.1. The van der Waals surface area contributed by atoms with Crippen molar-refractivity contribution in [3.05, 3.63) is 92.6 Å². The maximum Gasteiger partial charge on any atom is 0.254 e. The first kappa shape index (κ1) is 32.9. The highest BCUT2D eigenvalue weighted by Gasteiger charge is 2.44. The molecule has 0 aromatic heterocycles. The standard InChI is InChI=1S/C34H38Cl2N3O6/c1-43-28-19-23(20-29(44-2)30(28)45-3)31(40)38-17-13-33(22-38,25-9-10-26(35)27(36)21-25)14-18-39(42)32(41)34(11-15-37-16-12-34)24-7-5-4-6-8-24/h4-10,19-21,37H,11-18,22H2,1-3H3/q-1. The summed E-state index contributed by atoms with van der Waals surface area (Å²) in [5.41, 5.74) is 0.583. The highest BCUT2D eigenvalue weighted by atomic mass is 35.5. The summed E-state index contributed by atoms with van der Waals surface area (Å²) in [6, 6.07) is 18.2. The van der Waals surface area contributed by atoms with Crippen molar-refractivity contribution in [2.45, 2.75) is 36.5 Å². The summed E-state index contributed by atoms with van der Waals surface area (Å²) in [7, 11) is 4.50. The number of methoxy groups -OCH3 is 3. The predicted molar refractivity (Wildman–Crippen MR) is 175 cm³/mol. The van der Waals surface area contributed by atoms with Crippen molar-refractivity contribution in [3.63, 3.8) is 0 Å². The molecule has 2 saturated heterocycles. The average molecular weight is 656 g/mol. The number of benzene rings is 3. The molecule has 2 heterocycles. The van der Waals surface area contributed by atoms with Gasteiger partial charge in [0.1, 0.15) is 0 Å². The van der Waals surface area contributed by atoms with Crippen LogP contribution in [0.5, 0.6) is 17.2 Å². The van der Waals surface area contributed by atoms with Crippen LogP contribution in [0.3, 0.4) is 0 Å². The average Bonchev–Trinajstić information content (AvgIpc) is 3.53. The van der Waals surface area contributed by atoms with Crippen LogP contribution in [0, 0.1) is 5.21 Å². The molecule has 11 heteroatoms. The van der Waals surface area contributed by atoms with Crippen LogP contribution in [0.1, 0.15) is 47.2 Å². The van der Waals surface area contributed by atoms with Gasteiger partial charge >= 0.3 is 0 Å². The molecule has 0 spiro atoms. The highest BCUT2D eigenvalue weighted by molar-refractivity contribution is 6.42. The maximum absolute atomic E-state index is 13.9. The van der Waals surface area contributed by atoms with Gasteiger partial charge in [0, 0.05) is 30.6 Å². The predicted octanol–water partition coefficient (Wildman–Crippen LogP) is 5.84. The van der Waals surface area contributed by atoms with Crippen molar-refractivity contribution < 1.29 is 23.8 Å². The topological polar surface area (TPSA) is 103 Å². The third-order valence-corrected chi connectivity index (χ3v) is 10.0. The summed E-state index contributed by atoms with van der Waals surface area (Å²) >= 11 is 12.7. The number of carbonyl (C=O) groups is 2. The Balaban J connectivity index is 1.42. The fourth-order valence-electron chi connectivity index (χ4n) is 6.74. The first-order chi connectivity index (χ1) is 21.7. The zero-order chi connectivity index (χ0) is 32.2. The number of amides is 2. The van der Waals surface area contributed by atoms with E-state index < -0.39 is 16.7 Å². The van der Waals surface area contributed by atoms with E-state index in [1.807, 2.05) is 36.4 Å². The van der Waals surface area contributed by atoms with E-state index >= 15 is 0 Å². The number of carbonyl (C=O) groups excluding carboxylic acids is 2. The van der Waals surface area contributed by atoms with Gasteiger partial charge < -0.3 is 34.7 Å². The summed E-state index contributed by atoms with van der Waals surface area (Å²) in [6.07, 6.45) is 1.99. The smallest absolute Gasteiger partial charge is 0.254 e. The number of likely N-dealkylation sites (tertiary alicyclic amines) is 1. The van der Waals surface area contributed by atoms with Crippen molar-refractivity contribution in [1.29, 1.82) is 0 Å². The van der Waals surface area contributed by atoms with E-state index in [2.05, 4.69) is 5.32 Å². The van der Waals surface area contributed by atoms with Gasteiger partial charge in [-0.3, -0.25) is 9.59 Å². The quantitative estimate of drug-likeness (QED) is 0.274. The van der Waals surface area contributed by atoms with Crippen molar-refractivity contribution in [3.8, 4) is 17.2 Å². The van der Waals surface area contributed by atoms with Crippen molar-refractivity contribution >= 4 is 35.0 Å². The Morgan fingerprint density at radius 2 is 1.56 bits per heavy atom. The largest absolute Gasteiger partial charge is 0.756 e. The summed E-state index contributed by atoms with van der Waals surface area (Å²) in [5.74, 6) is 0.499. The second kappa shape index (κ2) is 13.9. The van der Waals surface area contributed by atoms with Crippen molar-refractivity contribution in [2.24, 2.45) is 0 Å². The number of nitrogens with zero attached hydrogens (tertiary/aromatic N) is 2. The second-order valence-electron chi connectivity index (χ2n) is 11.7. The van der Waals surface area contributed by atoms with E-state index in [0.29, 0.717) is 89.8 Å². The number of halogens is 2. The first-order valence-corrected chi connectivity index (χ1v) is 15.7. The minimum absolute atomic E-state index is 0.0344. The third-order valence-electron chi connectivity index (χ3n) is 9.30. The van der Waals surface area contributed by atoms with Gasteiger partial charge in [0.05, 0.1) is 36.8 Å². The van der Waals surface area contributed by atoms with E-state index in [1.54, 1.807) is 29.2 Å². The maximum atomic E-state index is 13.9. The van der Waals surface area contributed by atoms with Gasteiger partial charge in [-0.1, -0.05) is 59.6 Å². The lowest BCUT2D eigenvalue weighted by molar-refractivity contribution is -0.136. The highest BCUT2D eigenvalue weighted by Crippen LogP contribution is 2.43.